The van der Waals surface area contributed by atoms with E-state index < -0.39 is 6.03 Å². The lowest BCUT2D eigenvalue weighted by molar-refractivity contribution is 0.131. The molecule has 1 saturated heterocycles. The number of nitrogens with two attached hydrogens (primary N) is 1. The number of hydrogen-bond donors (Lipinski definition) is 2. The fourth-order valence-electron chi connectivity index (χ4n) is 2.45. The van der Waals surface area contributed by atoms with Gasteiger partial charge in [0.2, 0.25) is 0 Å². The zero-order chi connectivity index (χ0) is 15.9. The number of halogens is 1. The van der Waals surface area contributed by atoms with Gasteiger partial charge in [-0.2, -0.15) is 5.10 Å². The second-order valence-corrected chi connectivity index (χ2v) is 5.30. The van der Waals surface area contributed by atoms with Crippen LogP contribution in [0.2, 0.25) is 0 Å². The highest BCUT2D eigenvalue weighted by atomic mass is 19.1. The number of carbonyl (C=O) groups is 1. The summed E-state index contributed by atoms with van der Waals surface area (Å²) in [6.45, 7) is 7.81. The van der Waals surface area contributed by atoms with Crippen LogP contribution in [-0.4, -0.2) is 54.8 Å². The maximum absolute atomic E-state index is 14.1. The second kappa shape index (κ2) is 7.86. The van der Waals surface area contributed by atoms with Crippen LogP contribution in [0.1, 0.15) is 18.1 Å². The van der Waals surface area contributed by atoms with Crippen LogP contribution in [0.15, 0.2) is 23.3 Å². The molecule has 1 heterocycles. The molecule has 1 aromatic carbocycles. The summed E-state index contributed by atoms with van der Waals surface area (Å²) < 4.78 is 14.1. The standard InChI is InChI=1S/C15H22FN5O/c1-2-20-5-7-21(8-6-20)11-13-4-3-12(9-14(13)16)10-18-19-15(17)22/h3-4,9-10H,2,5-8,11H2,1H3,(H3,17,19,22). The van der Waals surface area contributed by atoms with E-state index in [4.69, 9.17) is 5.73 Å². The highest BCUT2D eigenvalue weighted by molar-refractivity contribution is 5.81. The lowest BCUT2D eigenvalue weighted by Crippen LogP contribution is -2.45. The van der Waals surface area contributed by atoms with Crippen molar-refractivity contribution in [2.24, 2.45) is 10.8 Å². The quantitative estimate of drug-likeness (QED) is 0.629. The summed E-state index contributed by atoms with van der Waals surface area (Å²) in [5.74, 6) is -0.263. The Kier molecular flexibility index (Phi) is 5.85. The van der Waals surface area contributed by atoms with Crippen LogP contribution in [-0.2, 0) is 6.54 Å². The molecule has 0 aliphatic carbocycles. The first kappa shape index (κ1) is 16.4. The Morgan fingerprint density at radius 3 is 2.64 bits per heavy atom. The molecule has 0 aromatic heterocycles. The number of benzene rings is 1. The average Bonchev–Trinajstić information content (AvgIpc) is 2.50. The van der Waals surface area contributed by atoms with Crippen molar-refractivity contribution >= 4 is 12.2 Å². The number of hydrazone groups is 1. The molecule has 0 saturated carbocycles. The molecule has 0 spiro atoms. The topological polar surface area (TPSA) is 74.0 Å². The summed E-state index contributed by atoms with van der Waals surface area (Å²) >= 11 is 0. The Bertz CT molecular complexity index is 541. The first-order valence-corrected chi connectivity index (χ1v) is 7.40. The number of urea groups is 1. The van der Waals surface area contributed by atoms with E-state index in [0.717, 1.165) is 32.7 Å². The van der Waals surface area contributed by atoms with Crippen molar-refractivity contribution in [1.29, 1.82) is 0 Å². The third-order valence-electron chi connectivity index (χ3n) is 3.77. The molecule has 1 aromatic rings. The Balaban J connectivity index is 1.92. The van der Waals surface area contributed by atoms with Gasteiger partial charge in [0.05, 0.1) is 6.21 Å². The summed E-state index contributed by atoms with van der Waals surface area (Å²) in [5.41, 5.74) is 8.21. The summed E-state index contributed by atoms with van der Waals surface area (Å²) in [6.07, 6.45) is 1.36. The van der Waals surface area contributed by atoms with Gasteiger partial charge in [-0.15, -0.1) is 0 Å². The zero-order valence-corrected chi connectivity index (χ0v) is 12.8. The average molecular weight is 307 g/mol. The molecule has 0 radical (unpaired) electrons. The molecule has 2 amide bonds. The van der Waals surface area contributed by atoms with Crippen LogP contribution in [0.25, 0.3) is 0 Å². The van der Waals surface area contributed by atoms with E-state index >= 15 is 0 Å². The van der Waals surface area contributed by atoms with Gasteiger partial charge in [-0.25, -0.2) is 14.6 Å². The molecule has 2 rings (SSSR count). The maximum atomic E-state index is 14.1. The fourth-order valence-corrected chi connectivity index (χ4v) is 2.45. The van der Waals surface area contributed by atoms with Gasteiger partial charge in [-0.3, -0.25) is 4.90 Å². The maximum Gasteiger partial charge on any atom is 0.332 e. The number of primary amides is 1. The summed E-state index contributed by atoms with van der Waals surface area (Å²) in [4.78, 5) is 15.1. The van der Waals surface area contributed by atoms with E-state index in [0.29, 0.717) is 17.7 Å². The molecule has 1 aliphatic rings. The Hall–Kier alpha value is -1.99. The van der Waals surface area contributed by atoms with E-state index in [-0.39, 0.29) is 5.82 Å². The molecule has 0 atom stereocenters. The van der Waals surface area contributed by atoms with E-state index in [1.54, 1.807) is 12.1 Å². The van der Waals surface area contributed by atoms with Crippen LogP contribution < -0.4 is 11.2 Å². The number of likely N-dealkylation sites (N-methyl/N-ethyl adjacent to an activating group) is 1. The van der Waals surface area contributed by atoms with Gasteiger partial charge in [0.25, 0.3) is 0 Å². The Morgan fingerprint density at radius 1 is 1.36 bits per heavy atom. The smallest absolute Gasteiger partial charge is 0.332 e. The zero-order valence-electron chi connectivity index (χ0n) is 12.8. The SMILES string of the molecule is CCN1CCN(Cc2ccc(C=NNC(N)=O)cc2F)CC1. The summed E-state index contributed by atoms with van der Waals surface area (Å²) in [5, 5.41) is 3.61. The van der Waals surface area contributed by atoms with Gasteiger partial charge in [-0.1, -0.05) is 19.1 Å². The number of carbonyl (C=O) groups excluding carboxylic acids is 1. The van der Waals surface area contributed by atoms with Crippen molar-refractivity contribution < 1.29 is 9.18 Å². The molecule has 7 heteroatoms. The normalized spacial score (nSPS) is 17.0. The molecule has 3 N–H and O–H groups in total. The van der Waals surface area contributed by atoms with Crippen molar-refractivity contribution in [3.63, 3.8) is 0 Å². The van der Waals surface area contributed by atoms with Gasteiger partial charge in [0.15, 0.2) is 0 Å². The van der Waals surface area contributed by atoms with Crippen LogP contribution in [0.3, 0.4) is 0 Å². The fraction of sp³-hybridized carbons (Fsp3) is 0.467. The first-order chi connectivity index (χ1) is 10.6. The van der Waals surface area contributed by atoms with Crippen LogP contribution in [0.4, 0.5) is 9.18 Å². The molecule has 120 valence electrons. The molecule has 0 bridgehead atoms. The Morgan fingerprint density at radius 2 is 2.05 bits per heavy atom. The second-order valence-electron chi connectivity index (χ2n) is 5.30. The highest BCUT2D eigenvalue weighted by Crippen LogP contribution is 2.13. The van der Waals surface area contributed by atoms with E-state index in [1.165, 1.54) is 12.3 Å². The lowest BCUT2D eigenvalue weighted by atomic mass is 10.1. The van der Waals surface area contributed by atoms with Crippen molar-refractivity contribution in [1.82, 2.24) is 15.2 Å². The minimum atomic E-state index is -0.750. The first-order valence-electron chi connectivity index (χ1n) is 7.40. The predicted molar refractivity (Wildman–Crippen MR) is 84.1 cm³/mol. The third-order valence-corrected chi connectivity index (χ3v) is 3.77. The Labute approximate surface area is 129 Å². The molecule has 0 unspecified atom stereocenters. The number of amides is 2. The van der Waals surface area contributed by atoms with Gasteiger partial charge in [0, 0.05) is 38.3 Å². The van der Waals surface area contributed by atoms with E-state index in [9.17, 15) is 9.18 Å². The van der Waals surface area contributed by atoms with Crippen LogP contribution in [0, 0.1) is 5.82 Å². The van der Waals surface area contributed by atoms with Crippen molar-refractivity contribution in [2.75, 3.05) is 32.7 Å². The number of hydrogen-bond acceptors (Lipinski definition) is 4. The number of piperazine rings is 1. The summed E-state index contributed by atoms with van der Waals surface area (Å²) in [6, 6.07) is 4.18. The molecular formula is C15H22FN5O. The van der Waals surface area contributed by atoms with Gasteiger partial charge in [0.1, 0.15) is 5.82 Å². The number of nitrogens with zero attached hydrogens (tertiary/aromatic N) is 3. The summed E-state index contributed by atoms with van der Waals surface area (Å²) in [7, 11) is 0. The van der Waals surface area contributed by atoms with Crippen molar-refractivity contribution in [3.8, 4) is 0 Å². The number of nitrogens with one attached hydrogen (secondary N) is 1. The van der Waals surface area contributed by atoms with Crippen LogP contribution in [0.5, 0.6) is 0 Å². The van der Waals surface area contributed by atoms with Gasteiger partial charge < -0.3 is 10.6 Å². The van der Waals surface area contributed by atoms with Gasteiger partial charge in [-0.05, 0) is 18.2 Å². The van der Waals surface area contributed by atoms with Crippen molar-refractivity contribution in [3.05, 3.63) is 35.1 Å². The number of rotatable bonds is 5. The van der Waals surface area contributed by atoms with Gasteiger partial charge >= 0.3 is 6.03 Å². The minimum absolute atomic E-state index is 0.263. The molecule has 1 aliphatic heterocycles. The van der Waals surface area contributed by atoms with E-state index in [1.807, 2.05) is 0 Å². The van der Waals surface area contributed by atoms with Crippen LogP contribution >= 0.6 is 0 Å². The molecule has 1 fully saturated rings. The monoisotopic (exact) mass is 307 g/mol. The third kappa shape index (κ3) is 4.78. The predicted octanol–water partition coefficient (Wildman–Crippen LogP) is 0.965. The van der Waals surface area contributed by atoms with Crippen molar-refractivity contribution in [2.45, 2.75) is 13.5 Å². The lowest BCUT2D eigenvalue weighted by Gasteiger charge is -2.34. The molecule has 6 nitrogen and oxygen atoms in total. The minimum Gasteiger partial charge on any atom is -0.350 e. The molecule has 22 heavy (non-hydrogen) atoms. The highest BCUT2D eigenvalue weighted by Gasteiger charge is 2.16. The largest absolute Gasteiger partial charge is 0.350 e. The molecular weight excluding hydrogens is 285 g/mol. The van der Waals surface area contributed by atoms with E-state index in [2.05, 4.69) is 27.3 Å².